The molecule has 0 bridgehead atoms. The lowest BCUT2D eigenvalue weighted by atomic mass is 10.0. The molecule has 0 radical (unpaired) electrons. The summed E-state index contributed by atoms with van der Waals surface area (Å²) in [5.74, 6) is -2.65. The van der Waals surface area contributed by atoms with E-state index in [4.69, 9.17) is 5.11 Å². The molecule has 0 spiro atoms. The summed E-state index contributed by atoms with van der Waals surface area (Å²) in [7, 11) is 0. The molecular formula is C7H6F3N3O2S. The number of rotatable bonds is 2. The Labute approximate surface area is 91.7 Å². The van der Waals surface area contributed by atoms with Gasteiger partial charge < -0.3 is 10.0 Å². The lowest BCUT2D eigenvalue weighted by molar-refractivity contribution is -0.144. The lowest BCUT2D eigenvalue weighted by Gasteiger charge is -2.35. The Morgan fingerprint density at radius 3 is 2.56 bits per heavy atom. The van der Waals surface area contributed by atoms with Crippen molar-refractivity contribution >= 4 is 22.6 Å². The van der Waals surface area contributed by atoms with Crippen LogP contribution in [0.15, 0.2) is 0 Å². The molecule has 9 heteroatoms. The molecule has 0 amide bonds. The number of carbonyl (C=O) groups is 1. The van der Waals surface area contributed by atoms with Crippen molar-refractivity contribution in [3.63, 3.8) is 0 Å². The van der Waals surface area contributed by atoms with Crippen LogP contribution < -0.4 is 4.90 Å². The number of nitrogens with zero attached hydrogens (tertiary/aromatic N) is 3. The van der Waals surface area contributed by atoms with E-state index in [9.17, 15) is 18.0 Å². The largest absolute Gasteiger partial charge is 0.481 e. The molecule has 2 heterocycles. The summed E-state index contributed by atoms with van der Waals surface area (Å²) in [6.07, 6.45) is -4.55. The minimum Gasteiger partial charge on any atom is -0.481 e. The standard InChI is InChI=1S/C7H6F3N3O2S/c8-7(9,10)5-11-6(16-12-5)13-1-3(2-13)4(14)15/h3H,1-2H2,(H,14,15). The maximum Gasteiger partial charge on any atom is 0.452 e. The Morgan fingerprint density at radius 1 is 1.50 bits per heavy atom. The summed E-state index contributed by atoms with van der Waals surface area (Å²) in [6.45, 7) is 0.365. The van der Waals surface area contributed by atoms with Gasteiger partial charge in [-0.1, -0.05) is 0 Å². The molecule has 0 unspecified atom stereocenters. The maximum absolute atomic E-state index is 12.2. The zero-order valence-corrected chi connectivity index (χ0v) is 8.55. The summed E-state index contributed by atoms with van der Waals surface area (Å²) in [5.41, 5.74) is 0. The van der Waals surface area contributed by atoms with Gasteiger partial charge in [0.1, 0.15) is 0 Å². The number of halogens is 3. The third-order valence-corrected chi connectivity index (χ3v) is 2.95. The fourth-order valence-corrected chi connectivity index (χ4v) is 1.95. The number of alkyl halides is 3. The van der Waals surface area contributed by atoms with Crippen molar-refractivity contribution in [2.75, 3.05) is 18.0 Å². The molecule has 1 aromatic heterocycles. The quantitative estimate of drug-likeness (QED) is 0.854. The van der Waals surface area contributed by atoms with E-state index in [1.165, 1.54) is 4.90 Å². The van der Waals surface area contributed by atoms with Gasteiger partial charge in [-0.25, -0.2) is 0 Å². The number of carboxylic acid groups (broad SMARTS) is 1. The molecule has 0 saturated carbocycles. The van der Waals surface area contributed by atoms with Crippen molar-refractivity contribution in [2.45, 2.75) is 6.18 Å². The van der Waals surface area contributed by atoms with Gasteiger partial charge in [0, 0.05) is 24.6 Å². The summed E-state index contributed by atoms with van der Waals surface area (Å²) in [6, 6.07) is 0. The molecule has 0 atom stereocenters. The highest BCUT2D eigenvalue weighted by atomic mass is 32.1. The number of hydrogen-bond acceptors (Lipinski definition) is 5. The van der Waals surface area contributed by atoms with Gasteiger partial charge in [-0.15, -0.1) is 0 Å². The molecule has 1 aromatic rings. The predicted octanol–water partition coefficient (Wildman–Crippen LogP) is 1.08. The Hall–Kier alpha value is -1.38. The molecule has 2 rings (SSSR count). The zero-order chi connectivity index (χ0) is 11.9. The van der Waals surface area contributed by atoms with E-state index < -0.39 is 23.9 Å². The highest BCUT2D eigenvalue weighted by molar-refractivity contribution is 7.09. The second kappa shape index (κ2) is 3.58. The average molecular weight is 253 g/mol. The van der Waals surface area contributed by atoms with Gasteiger partial charge in [0.05, 0.1) is 5.92 Å². The second-order valence-corrected chi connectivity index (χ2v) is 4.07. The van der Waals surface area contributed by atoms with Crippen LogP contribution in [0.2, 0.25) is 0 Å². The fraction of sp³-hybridized carbons (Fsp3) is 0.571. The van der Waals surface area contributed by atoms with Gasteiger partial charge >= 0.3 is 12.1 Å². The van der Waals surface area contributed by atoms with Crippen LogP contribution in [-0.2, 0) is 11.0 Å². The van der Waals surface area contributed by atoms with Crippen molar-refractivity contribution in [1.82, 2.24) is 9.36 Å². The number of aromatic nitrogens is 2. The van der Waals surface area contributed by atoms with Crippen LogP contribution >= 0.6 is 11.5 Å². The Kier molecular flexibility index (Phi) is 2.49. The number of hydrogen-bond donors (Lipinski definition) is 1. The first kappa shape index (κ1) is 11.1. The Morgan fingerprint density at radius 2 is 2.12 bits per heavy atom. The molecule has 0 aromatic carbocycles. The molecule has 1 aliphatic heterocycles. The molecule has 16 heavy (non-hydrogen) atoms. The molecule has 1 fully saturated rings. The minimum absolute atomic E-state index is 0.116. The van der Waals surface area contributed by atoms with E-state index in [2.05, 4.69) is 9.36 Å². The summed E-state index contributed by atoms with van der Waals surface area (Å²) >= 11 is 0.626. The van der Waals surface area contributed by atoms with Crippen LogP contribution in [0.4, 0.5) is 18.3 Å². The molecule has 0 aliphatic carbocycles. The van der Waals surface area contributed by atoms with Crippen molar-refractivity contribution in [3.8, 4) is 0 Å². The molecule has 1 aliphatic rings. The van der Waals surface area contributed by atoms with Crippen molar-refractivity contribution in [2.24, 2.45) is 5.92 Å². The molecule has 1 saturated heterocycles. The molecule has 88 valence electrons. The summed E-state index contributed by atoms with van der Waals surface area (Å²) in [5, 5.41) is 8.71. The molecular weight excluding hydrogens is 247 g/mol. The Bertz CT molecular complexity index is 413. The van der Waals surface area contributed by atoms with Crippen LogP contribution in [0.3, 0.4) is 0 Å². The number of aliphatic carboxylic acids is 1. The highest BCUT2D eigenvalue weighted by Gasteiger charge is 2.39. The lowest BCUT2D eigenvalue weighted by Crippen LogP contribution is -2.50. The van der Waals surface area contributed by atoms with E-state index >= 15 is 0 Å². The monoisotopic (exact) mass is 253 g/mol. The van der Waals surface area contributed by atoms with E-state index in [0.29, 0.717) is 11.5 Å². The van der Waals surface area contributed by atoms with Gasteiger partial charge in [0.2, 0.25) is 11.0 Å². The first-order chi connectivity index (χ1) is 7.38. The zero-order valence-electron chi connectivity index (χ0n) is 7.73. The van der Waals surface area contributed by atoms with Crippen LogP contribution in [0.25, 0.3) is 0 Å². The first-order valence-electron chi connectivity index (χ1n) is 4.26. The van der Waals surface area contributed by atoms with Gasteiger partial charge in [0.25, 0.3) is 0 Å². The number of anilines is 1. The van der Waals surface area contributed by atoms with Crippen LogP contribution in [0.1, 0.15) is 5.82 Å². The Balaban J connectivity index is 2.03. The normalized spacial score (nSPS) is 17.3. The van der Waals surface area contributed by atoms with Crippen molar-refractivity contribution in [1.29, 1.82) is 0 Å². The highest BCUT2D eigenvalue weighted by Crippen LogP contribution is 2.32. The van der Waals surface area contributed by atoms with E-state index in [-0.39, 0.29) is 18.2 Å². The van der Waals surface area contributed by atoms with Crippen molar-refractivity contribution < 1.29 is 23.1 Å². The molecule has 1 N–H and O–H groups in total. The van der Waals surface area contributed by atoms with E-state index in [1.54, 1.807) is 0 Å². The van der Waals surface area contributed by atoms with Crippen LogP contribution in [0.5, 0.6) is 0 Å². The third kappa shape index (κ3) is 1.94. The van der Waals surface area contributed by atoms with Gasteiger partial charge in [-0.3, -0.25) is 4.79 Å². The average Bonchev–Trinajstić information content (AvgIpc) is 2.47. The van der Waals surface area contributed by atoms with E-state index in [1.807, 2.05) is 0 Å². The summed E-state index contributed by atoms with van der Waals surface area (Å²) in [4.78, 5) is 15.3. The van der Waals surface area contributed by atoms with Crippen molar-refractivity contribution in [3.05, 3.63) is 5.82 Å². The second-order valence-electron chi connectivity index (χ2n) is 3.34. The van der Waals surface area contributed by atoms with Gasteiger partial charge in [-0.2, -0.15) is 22.5 Å². The molecule has 5 nitrogen and oxygen atoms in total. The first-order valence-corrected chi connectivity index (χ1v) is 5.04. The third-order valence-electron chi connectivity index (χ3n) is 2.17. The fourth-order valence-electron chi connectivity index (χ4n) is 1.25. The number of carboxylic acids is 1. The van der Waals surface area contributed by atoms with Crippen LogP contribution in [-0.4, -0.2) is 33.5 Å². The van der Waals surface area contributed by atoms with Crippen LogP contribution in [0, 0.1) is 5.92 Å². The summed E-state index contributed by atoms with van der Waals surface area (Å²) < 4.78 is 39.7. The van der Waals surface area contributed by atoms with Gasteiger partial charge in [-0.05, 0) is 0 Å². The van der Waals surface area contributed by atoms with Gasteiger partial charge in [0.15, 0.2) is 0 Å². The minimum atomic E-state index is -4.55. The smallest absolute Gasteiger partial charge is 0.452 e. The maximum atomic E-state index is 12.2. The SMILES string of the molecule is O=C(O)C1CN(c2nc(C(F)(F)F)ns2)C1. The predicted molar refractivity (Wildman–Crippen MR) is 48.2 cm³/mol. The topological polar surface area (TPSA) is 66.3 Å². The van der Waals surface area contributed by atoms with E-state index in [0.717, 1.165) is 0 Å².